The van der Waals surface area contributed by atoms with Crippen LogP contribution in [-0.2, 0) is 0 Å². The van der Waals surface area contributed by atoms with Crippen molar-refractivity contribution >= 4 is 5.82 Å². The van der Waals surface area contributed by atoms with Crippen molar-refractivity contribution in [1.29, 1.82) is 0 Å². The molecule has 0 aromatic carbocycles. The Balaban J connectivity index is 1.85. The van der Waals surface area contributed by atoms with Crippen LogP contribution in [0.5, 0.6) is 5.88 Å². The normalized spacial score (nSPS) is 16.1. The first-order chi connectivity index (χ1) is 8.31. The summed E-state index contributed by atoms with van der Waals surface area (Å²) in [6.45, 7) is 6.05. The molecule has 1 fully saturated rings. The molecule has 0 bridgehead atoms. The van der Waals surface area contributed by atoms with Gasteiger partial charge in [-0.25, -0.2) is 9.97 Å². The molecule has 0 atom stereocenters. The summed E-state index contributed by atoms with van der Waals surface area (Å²) < 4.78 is 5.71. The smallest absolute Gasteiger partial charge is 0.221 e. The molecule has 0 radical (unpaired) electrons. The molecule has 17 heavy (non-hydrogen) atoms. The molecule has 2 heterocycles. The van der Waals surface area contributed by atoms with Gasteiger partial charge in [-0.15, -0.1) is 0 Å². The van der Waals surface area contributed by atoms with Crippen LogP contribution in [0.4, 0.5) is 5.82 Å². The van der Waals surface area contributed by atoms with E-state index in [9.17, 15) is 0 Å². The van der Waals surface area contributed by atoms with Crippen LogP contribution in [0.2, 0.25) is 0 Å². The molecule has 0 aliphatic carbocycles. The lowest BCUT2D eigenvalue weighted by atomic mass is 10.3. The minimum Gasteiger partial charge on any atom is -0.476 e. The van der Waals surface area contributed by atoms with E-state index >= 15 is 0 Å². The van der Waals surface area contributed by atoms with Crippen LogP contribution >= 0.6 is 0 Å². The average molecular weight is 236 g/mol. The van der Waals surface area contributed by atoms with E-state index < -0.39 is 0 Å². The van der Waals surface area contributed by atoms with E-state index in [1.807, 2.05) is 14.0 Å². The number of likely N-dealkylation sites (tertiary alicyclic amines) is 1. The van der Waals surface area contributed by atoms with Gasteiger partial charge in [0.15, 0.2) is 0 Å². The van der Waals surface area contributed by atoms with Crippen molar-refractivity contribution in [1.82, 2.24) is 14.9 Å². The fraction of sp³-hybridized carbons (Fsp3) is 0.667. The van der Waals surface area contributed by atoms with Crippen LogP contribution in [0, 0.1) is 6.92 Å². The zero-order valence-electron chi connectivity index (χ0n) is 10.6. The lowest BCUT2D eigenvalue weighted by Gasteiger charge is -2.15. The molecule has 0 amide bonds. The standard InChI is InChI=1S/C12H20N4O/c1-10-11(13-2)14-9-15-12(10)17-8-7-16-5-3-4-6-16/h9H,3-8H2,1-2H3,(H,13,14,15). The predicted octanol–water partition coefficient (Wildman–Crippen LogP) is 1.30. The molecule has 0 saturated carbocycles. The van der Waals surface area contributed by atoms with Gasteiger partial charge in [-0.1, -0.05) is 0 Å². The second kappa shape index (κ2) is 5.82. The maximum absolute atomic E-state index is 5.71. The van der Waals surface area contributed by atoms with E-state index in [1.54, 1.807) is 0 Å². The molecule has 1 aliphatic heterocycles. The number of rotatable bonds is 5. The molecule has 1 N–H and O–H groups in total. The average Bonchev–Trinajstić information content (AvgIpc) is 2.84. The summed E-state index contributed by atoms with van der Waals surface area (Å²) in [7, 11) is 1.85. The Bertz CT molecular complexity index is 364. The Hall–Kier alpha value is -1.36. The number of nitrogens with one attached hydrogen (secondary N) is 1. The molecule has 5 nitrogen and oxygen atoms in total. The van der Waals surface area contributed by atoms with Gasteiger partial charge in [-0.05, 0) is 32.9 Å². The molecule has 0 unspecified atom stereocenters. The molecule has 1 saturated heterocycles. The van der Waals surface area contributed by atoms with Crippen molar-refractivity contribution in [2.24, 2.45) is 0 Å². The van der Waals surface area contributed by atoms with Crippen molar-refractivity contribution in [2.75, 3.05) is 38.6 Å². The Kier molecular flexibility index (Phi) is 4.14. The van der Waals surface area contributed by atoms with E-state index in [0.717, 1.165) is 17.9 Å². The van der Waals surface area contributed by atoms with E-state index in [2.05, 4.69) is 20.2 Å². The quantitative estimate of drug-likeness (QED) is 0.835. The minimum atomic E-state index is 0.684. The summed E-state index contributed by atoms with van der Waals surface area (Å²) in [4.78, 5) is 10.7. The first-order valence-electron chi connectivity index (χ1n) is 6.16. The fourth-order valence-corrected chi connectivity index (χ4v) is 2.11. The summed E-state index contributed by atoms with van der Waals surface area (Å²) in [6.07, 6.45) is 4.16. The first kappa shape index (κ1) is 12.1. The number of hydrogen-bond acceptors (Lipinski definition) is 5. The van der Waals surface area contributed by atoms with E-state index in [1.165, 1.54) is 32.3 Å². The van der Waals surface area contributed by atoms with E-state index in [0.29, 0.717) is 12.5 Å². The maximum Gasteiger partial charge on any atom is 0.221 e. The Labute approximate surface area is 102 Å². The third kappa shape index (κ3) is 3.06. The van der Waals surface area contributed by atoms with Gasteiger partial charge in [0.25, 0.3) is 0 Å². The molecule has 1 aliphatic rings. The zero-order chi connectivity index (χ0) is 12.1. The van der Waals surface area contributed by atoms with Gasteiger partial charge >= 0.3 is 0 Å². The van der Waals surface area contributed by atoms with Crippen LogP contribution in [0.1, 0.15) is 18.4 Å². The first-order valence-corrected chi connectivity index (χ1v) is 6.16. The third-order valence-corrected chi connectivity index (χ3v) is 3.12. The van der Waals surface area contributed by atoms with Crippen molar-refractivity contribution in [3.63, 3.8) is 0 Å². The highest BCUT2D eigenvalue weighted by Gasteiger charge is 2.12. The van der Waals surface area contributed by atoms with Gasteiger partial charge in [0.2, 0.25) is 5.88 Å². The molecule has 1 aromatic rings. The number of nitrogens with zero attached hydrogens (tertiary/aromatic N) is 3. The molecule has 94 valence electrons. The molecular weight excluding hydrogens is 216 g/mol. The third-order valence-electron chi connectivity index (χ3n) is 3.12. The van der Waals surface area contributed by atoms with Crippen LogP contribution in [0.25, 0.3) is 0 Å². The highest BCUT2D eigenvalue weighted by atomic mass is 16.5. The van der Waals surface area contributed by atoms with Gasteiger partial charge in [0.05, 0.1) is 5.56 Å². The lowest BCUT2D eigenvalue weighted by Crippen LogP contribution is -2.25. The van der Waals surface area contributed by atoms with Crippen LogP contribution in [-0.4, -0.2) is 48.2 Å². The molecule has 5 heteroatoms. The van der Waals surface area contributed by atoms with Gasteiger partial charge < -0.3 is 10.1 Å². The van der Waals surface area contributed by atoms with E-state index in [-0.39, 0.29) is 0 Å². The lowest BCUT2D eigenvalue weighted by molar-refractivity contribution is 0.230. The van der Waals surface area contributed by atoms with Gasteiger partial charge in [0.1, 0.15) is 18.8 Å². The summed E-state index contributed by atoms with van der Waals surface area (Å²) >= 11 is 0. The topological polar surface area (TPSA) is 50.3 Å². The second-order valence-corrected chi connectivity index (χ2v) is 4.30. The van der Waals surface area contributed by atoms with Crippen LogP contribution in [0.3, 0.4) is 0 Å². The Morgan fingerprint density at radius 3 is 2.82 bits per heavy atom. The van der Waals surface area contributed by atoms with Crippen LogP contribution in [0.15, 0.2) is 6.33 Å². The molecule has 0 spiro atoms. The van der Waals surface area contributed by atoms with Gasteiger partial charge in [-0.3, -0.25) is 4.90 Å². The Morgan fingerprint density at radius 1 is 1.35 bits per heavy atom. The zero-order valence-corrected chi connectivity index (χ0v) is 10.6. The van der Waals surface area contributed by atoms with Gasteiger partial charge in [-0.2, -0.15) is 0 Å². The van der Waals surface area contributed by atoms with Crippen molar-refractivity contribution in [3.05, 3.63) is 11.9 Å². The molecule has 1 aromatic heterocycles. The van der Waals surface area contributed by atoms with Crippen molar-refractivity contribution in [2.45, 2.75) is 19.8 Å². The summed E-state index contributed by atoms with van der Waals surface area (Å²) in [5, 5.41) is 3.03. The maximum atomic E-state index is 5.71. The summed E-state index contributed by atoms with van der Waals surface area (Å²) in [6, 6.07) is 0. The highest BCUT2D eigenvalue weighted by Crippen LogP contribution is 2.19. The van der Waals surface area contributed by atoms with Crippen molar-refractivity contribution < 1.29 is 4.74 Å². The number of anilines is 1. The Morgan fingerprint density at radius 2 is 2.12 bits per heavy atom. The van der Waals surface area contributed by atoms with Crippen molar-refractivity contribution in [3.8, 4) is 5.88 Å². The molecular formula is C12H20N4O. The highest BCUT2D eigenvalue weighted by molar-refractivity contribution is 5.46. The number of aromatic nitrogens is 2. The monoisotopic (exact) mass is 236 g/mol. The SMILES string of the molecule is CNc1ncnc(OCCN2CCCC2)c1C. The largest absolute Gasteiger partial charge is 0.476 e. The predicted molar refractivity (Wildman–Crippen MR) is 67.5 cm³/mol. The number of hydrogen-bond donors (Lipinski definition) is 1. The minimum absolute atomic E-state index is 0.684. The van der Waals surface area contributed by atoms with Gasteiger partial charge in [0, 0.05) is 13.6 Å². The molecule has 2 rings (SSSR count). The van der Waals surface area contributed by atoms with E-state index in [4.69, 9.17) is 4.74 Å². The number of ether oxygens (including phenoxy) is 1. The summed E-state index contributed by atoms with van der Waals surface area (Å²) in [5.74, 6) is 1.51. The summed E-state index contributed by atoms with van der Waals surface area (Å²) in [5.41, 5.74) is 0.969. The fourth-order valence-electron chi connectivity index (χ4n) is 2.11. The van der Waals surface area contributed by atoms with Crippen LogP contribution < -0.4 is 10.1 Å². The second-order valence-electron chi connectivity index (χ2n) is 4.30.